The molecular formula is C25H9F2N7. The van der Waals surface area contributed by atoms with Gasteiger partial charge in [0.2, 0.25) is 5.69 Å². The molecule has 0 fully saturated rings. The Labute approximate surface area is 192 Å². The van der Waals surface area contributed by atoms with E-state index in [9.17, 15) is 24.6 Å². The first-order valence-corrected chi connectivity index (χ1v) is 9.56. The van der Waals surface area contributed by atoms with Crippen molar-refractivity contribution in [3.05, 3.63) is 94.3 Å². The molecule has 7 nitrogen and oxygen atoms in total. The van der Waals surface area contributed by atoms with E-state index in [1.165, 1.54) is 24.3 Å². The van der Waals surface area contributed by atoms with Crippen molar-refractivity contribution in [2.75, 3.05) is 0 Å². The zero-order valence-corrected chi connectivity index (χ0v) is 17.1. The summed E-state index contributed by atoms with van der Waals surface area (Å²) >= 11 is 0. The summed E-state index contributed by atoms with van der Waals surface area (Å²) in [5.41, 5.74) is -0.480. The lowest BCUT2D eigenvalue weighted by Gasteiger charge is -2.10. The van der Waals surface area contributed by atoms with E-state index in [0.717, 1.165) is 0 Å². The van der Waals surface area contributed by atoms with E-state index in [2.05, 4.69) is 19.8 Å². The molecule has 0 spiro atoms. The highest BCUT2D eigenvalue weighted by Gasteiger charge is 2.18. The maximum Gasteiger partial charge on any atom is 0.224 e. The molecule has 0 amide bonds. The zero-order valence-electron chi connectivity index (χ0n) is 17.1. The van der Waals surface area contributed by atoms with Crippen molar-refractivity contribution in [2.24, 2.45) is 0 Å². The second kappa shape index (κ2) is 8.93. The number of nitriles is 3. The van der Waals surface area contributed by atoms with E-state index in [4.69, 9.17) is 6.57 Å². The summed E-state index contributed by atoms with van der Waals surface area (Å²) in [7, 11) is 0. The Morgan fingerprint density at radius 1 is 0.647 bits per heavy atom. The van der Waals surface area contributed by atoms with Crippen LogP contribution < -0.4 is 0 Å². The minimum Gasteiger partial charge on any atom is -0.235 e. The molecule has 0 saturated carbocycles. The van der Waals surface area contributed by atoms with Gasteiger partial charge in [0.15, 0.2) is 23.3 Å². The lowest BCUT2D eigenvalue weighted by molar-refractivity contribution is 0.620. The fourth-order valence-electron chi connectivity index (χ4n) is 3.17. The first-order chi connectivity index (χ1) is 16.5. The van der Waals surface area contributed by atoms with E-state index in [-0.39, 0.29) is 51.0 Å². The van der Waals surface area contributed by atoms with Gasteiger partial charge in [0.1, 0.15) is 24.0 Å². The molecule has 0 N–H and O–H groups in total. The average Bonchev–Trinajstić information content (AvgIpc) is 2.89. The van der Waals surface area contributed by atoms with Gasteiger partial charge in [-0.05, 0) is 24.3 Å². The van der Waals surface area contributed by atoms with Crippen molar-refractivity contribution in [1.82, 2.24) is 15.0 Å². The van der Waals surface area contributed by atoms with Crippen molar-refractivity contribution in [3.63, 3.8) is 0 Å². The largest absolute Gasteiger partial charge is 0.235 e. The molecule has 0 saturated heterocycles. The molecule has 0 radical (unpaired) electrons. The quantitative estimate of drug-likeness (QED) is 0.395. The number of aromatic nitrogens is 3. The summed E-state index contributed by atoms with van der Waals surface area (Å²) in [6, 6.07) is 18.8. The van der Waals surface area contributed by atoms with Gasteiger partial charge in [0.05, 0.1) is 23.3 Å². The summed E-state index contributed by atoms with van der Waals surface area (Å²) in [6.45, 7) is 7.20. The highest BCUT2D eigenvalue weighted by atomic mass is 19.1. The third kappa shape index (κ3) is 3.89. The predicted octanol–water partition coefficient (Wildman–Crippen LogP) is 5.32. The summed E-state index contributed by atoms with van der Waals surface area (Å²) in [5, 5.41) is 27.8. The third-order valence-electron chi connectivity index (χ3n) is 4.79. The Morgan fingerprint density at radius 2 is 1.09 bits per heavy atom. The van der Waals surface area contributed by atoms with E-state index >= 15 is 0 Å². The molecule has 0 atom stereocenters. The van der Waals surface area contributed by atoms with Crippen LogP contribution in [0.1, 0.15) is 16.7 Å². The first-order valence-electron chi connectivity index (χ1n) is 9.56. The van der Waals surface area contributed by atoms with Crippen LogP contribution in [0.25, 0.3) is 39.0 Å². The average molecular weight is 445 g/mol. The highest BCUT2D eigenvalue weighted by Crippen LogP contribution is 2.31. The molecule has 0 aliphatic heterocycles. The predicted molar refractivity (Wildman–Crippen MR) is 116 cm³/mol. The van der Waals surface area contributed by atoms with Crippen LogP contribution in [0.4, 0.5) is 14.5 Å². The molecule has 158 valence electrons. The van der Waals surface area contributed by atoms with Crippen LogP contribution in [0, 0.1) is 52.2 Å². The SMILES string of the molecule is [C-]#[N+]c1cc(-c2nc(-c3ccccc3)nc(-c3cc(C#N)c(F)c(C#N)c3)n2)cc(C#N)c1F. The van der Waals surface area contributed by atoms with Gasteiger partial charge in [0.25, 0.3) is 0 Å². The lowest BCUT2D eigenvalue weighted by Crippen LogP contribution is -2.02. The van der Waals surface area contributed by atoms with Crippen LogP contribution >= 0.6 is 0 Å². The minimum absolute atomic E-state index is 0.0176. The standard InChI is InChI=1S/C25H9F2N7/c1-31-20-10-16(9-19(13-30)22(20)27)25-33-23(14-5-3-2-4-6-14)32-24(34-25)15-7-17(11-28)21(26)18(8-15)12-29/h2-10H. The van der Waals surface area contributed by atoms with Gasteiger partial charge in [-0.2, -0.15) is 15.8 Å². The molecule has 0 aliphatic carbocycles. The molecule has 4 aromatic rings. The molecule has 0 aliphatic rings. The smallest absolute Gasteiger partial charge is 0.224 e. The Bertz CT molecular complexity index is 1450. The van der Waals surface area contributed by atoms with Crippen molar-refractivity contribution < 1.29 is 8.78 Å². The molecular weight excluding hydrogens is 436 g/mol. The van der Waals surface area contributed by atoms with Crippen LogP contribution in [0.15, 0.2) is 54.6 Å². The summed E-state index contributed by atoms with van der Waals surface area (Å²) in [4.78, 5) is 16.3. The molecule has 34 heavy (non-hydrogen) atoms. The second-order valence-electron chi connectivity index (χ2n) is 6.86. The first kappa shape index (κ1) is 21.7. The zero-order chi connectivity index (χ0) is 24.2. The molecule has 0 bridgehead atoms. The van der Waals surface area contributed by atoms with Gasteiger partial charge in [-0.3, -0.25) is 0 Å². The lowest BCUT2D eigenvalue weighted by atomic mass is 10.0. The van der Waals surface area contributed by atoms with E-state index in [0.29, 0.717) is 5.56 Å². The number of nitrogens with zero attached hydrogens (tertiary/aromatic N) is 7. The maximum atomic E-state index is 14.3. The Balaban J connectivity index is 2.03. The fourth-order valence-corrected chi connectivity index (χ4v) is 3.17. The molecule has 0 unspecified atom stereocenters. The second-order valence-corrected chi connectivity index (χ2v) is 6.86. The Morgan fingerprint density at radius 3 is 1.56 bits per heavy atom. The topological polar surface area (TPSA) is 114 Å². The third-order valence-corrected chi connectivity index (χ3v) is 4.79. The Kier molecular flexibility index (Phi) is 5.70. The van der Waals surface area contributed by atoms with Crippen molar-refractivity contribution >= 4 is 5.69 Å². The minimum atomic E-state index is -0.954. The van der Waals surface area contributed by atoms with Gasteiger partial charge in [0, 0.05) is 16.7 Å². The summed E-state index contributed by atoms with van der Waals surface area (Å²) < 4.78 is 28.5. The van der Waals surface area contributed by atoms with Crippen LogP contribution in [0.3, 0.4) is 0 Å². The van der Waals surface area contributed by atoms with Crippen LogP contribution in [0.5, 0.6) is 0 Å². The van der Waals surface area contributed by atoms with Gasteiger partial charge >= 0.3 is 0 Å². The maximum absolute atomic E-state index is 14.3. The van der Waals surface area contributed by atoms with Crippen LogP contribution in [-0.4, -0.2) is 15.0 Å². The van der Waals surface area contributed by atoms with Crippen molar-refractivity contribution in [2.45, 2.75) is 0 Å². The van der Waals surface area contributed by atoms with E-state index < -0.39 is 11.6 Å². The normalized spacial score (nSPS) is 9.94. The van der Waals surface area contributed by atoms with E-state index in [1.807, 2.05) is 0 Å². The number of hydrogen-bond donors (Lipinski definition) is 0. The molecule has 1 aromatic heterocycles. The molecule has 1 heterocycles. The summed E-state index contributed by atoms with van der Waals surface area (Å²) in [6.07, 6.45) is 0. The Hall–Kier alpha value is -5.51. The summed E-state index contributed by atoms with van der Waals surface area (Å²) in [5.74, 6) is -1.66. The molecule has 3 aromatic carbocycles. The van der Waals surface area contributed by atoms with Crippen molar-refractivity contribution in [3.8, 4) is 52.4 Å². The molecule has 4 rings (SSSR count). The highest BCUT2D eigenvalue weighted by molar-refractivity contribution is 5.72. The number of halogens is 2. The van der Waals surface area contributed by atoms with Gasteiger partial charge in [-0.1, -0.05) is 30.3 Å². The monoisotopic (exact) mass is 445 g/mol. The molecule has 9 heteroatoms. The number of rotatable bonds is 3. The van der Waals surface area contributed by atoms with E-state index in [1.54, 1.807) is 48.5 Å². The number of hydrogen-bond acceptors (Lipinski definition) is 6. The van der Waals surface area contributed by atoms with Crippen LogP contribution in [-0.2, 0) is 0 Å². The van der Waals surface area contributed by atoms with Gasteiger partial charge in [-0.15, -0.1) is 0 Å². The van der Waals surface area contributed by atoms with Gasteiger partial charge in [-0.25, -0.2) is 28.6 Å². The number of benzene rings is 3. The van der Waals surface area contributed by atoms with Gasteiger partial charge < -0.3 is 0 Å². The van der Waals surface area contributed by atoms with Crippen molar-refractivity contribution in [1.29, 1.82) is 15.8 Å². The fraction of sp³-hybridized carbons (Fsp3) is 0. The van der Waals surface area contributed by atoms with Crippen LogP contribution in [0.2, 0.25) is 0 Å².